The number of para-hydroxylation sites is 2. The van der Waals surface area contributed by atoms with Crippen molar-refractivity contribution < 1.29 is 4.42 Å². The van der Waals surface area contributed by atoms with Gasteiger partial charge in [0.05, 0.1) is 0 Å². The van der Waals surface area contributed by atoms with E-state index in [-0.39, 0.29) is 0 Å². The molecular formula is C12H6Li2O. The van der Waals surface area contributed by atoms with Crippen molar-refractivity contribution in [3.63, 3.8) is 0 Å². The van der Waals surface area contributed by atoms with E-state index in [0.717, 1.165) is 11.2 Å². The van der Waals surface area contributed by atoms with Crippen LogP contribution in [0.5, 0.6) is 0 Å². The Balaban J connectivity index is 2.63. The fraction of sp³-hybridized carbons (Fsp3) is 0. The molecule has 2 aromatic carbocycles. The average Bonchev–Trinajstić information content (AvgIpc) is 2.60. The summed E-state index contributed by atoms with van der Waals surface area (Å²) in [6, 6.07) is 12.6. The van der Waals surface area contributed by atoms with Crippen LogP contribution in [0.3, 0.4) is 0 Å². The van der Waals surface area contributed by atoms with Gasteiger partial charge in [-0.2, -0.15) is 0 Å². The molecule has 0 radical (unpaired) electrons. The van der Waals surface area contributed by atoms with Gasteiger partial charge in [0.25, 0.3) is 0 Å². The Labute approximate surface area is 106 Å². The van der Waals surface area contributed by atoms with Crippen LogP contribution >= 0.6 is 0 Å². The van der Waals surface area contributed by atoms with E-state index >= 15 is 0 Å². The second-order valence-electron chi connectivity index (χ2n) is 4.01. The van der Waals surface area contributed by atoms with Crippen molar-refractivity contribution in [3.8, 4) is 0 Å². The number of hydrogen-bond donors (Lipinski definition) is 0. The van der Waals surface area contributed by atoms with Crippen molar-refractivity contribution in [1.29, 1.82) is 0 Å². The molecule has 0 spiro atoms. The Hall–Kier alpha value is -0.565. The van der Waals surface area contributed by atoms with Crippen molar-refractivity contribution in [2.24, 2.45) is 0 Å². The molecule has 0 aliphatic carbocycles. The maximum atomic E-state index is 5.91. The molecule has 0 amide bonds. The van der Waals surface area contributed by atoms with Gasteiger partial charge in [0.2, 0.25) is 0 Å². The van der Waals surface area contributed by atoms with Crippen LogP contribution in [0.25, 0.3) is 21.9 Å². The van der Waals surface area contributed by atoms with E-state index in [0.29, 0.717) is 0 Å². The fourth-order valence-electron chi connectivity index (χ4n) is 2.10. The van der Waals surface area contributed by atoms with Crippen LogP contribution in [-0.4, -0.2) is 35.4 Å². The van der Waals surface area contributed by atoms with Crippen molar-refractivity contribution in [1.82, 2.24) is 0 Å². The molecule has 0 aliphatic heterocycles. The molecule has 3 aromatic rings. The van der Waals surface area contributed by atoms with Gasteiger partial charge in [-0.1, -0.05) is 0 Å². The van der Waals surface area contributed by atoms with Gasteiger partial charge in [0.15, 0.2) is 0 Å². The number of benzene rings is 2. The molecule has 0 aliphatic rings. The molecular weight excluding hydrogens is 174 g/mol. The van der Waals surface area contributed by atoms with Crippen molar-refractivity contribution in [2.45, 2.75) is 0 Å². The fourth-order valence-corrected chi connectivity index (χ4v) is 2.10. The topological polar surface area (TPSA) is 13.1 Å². The first-order valence-corrected chi connectivity index (χ1v) is 5.15. The summed E-state index contributed by atoms with van der Waals surface area (Å²) in [6.07, 6.45) is 0. The predicted octanol–water partition coefficient (Wildman–Crippen LogP) is 1.17. The summed E-state index contributed by atoms with van der Waals surface area (Å²) in [7, 11) is 0. The number of hydrogen-bond acceptors (Lipinski definition) is 1. The van der Waals surface area contributed by atoms with E-state index in [1.807, 2.05) is 0 Å². The summed E-state index contributed by atoms with van der Waals surface area (Å²) >= 11 is 4.17. The Morgan fingerprint density at radius 2 is 1.20 bits per heavy atom. The summed E-state index contributed by atoms with van der Waals surface area (Å²) in [4.78, 5) is 0. The number of furan rings is 1. The van der Waals surface area contributed by atoms with Gasteiger partial charge in [0.1, 0.15) is 0 Å². The summed E-state index contributed by atoms with van der Waals surface area (Å²) in [5, 5.41) is 2.43. The van der Waals surface area contributed by atoms with E-state index < -0.39 is 0 Å². The molecule has 15 heavy (non-hydrogen) atoms. The molecule has 0 saturated heterocycles. The van der Waals surface area contributed by atoms with E-state index in [1.165, 1.54) is 19.2 Å². The van der Waals surface area contributed by atoms with Crippen LogP contribution in [0, 0.1) is 0 Å². The Morgan fingerprint density at radius 1 is 0.733 bits per heavy atom. The zero-order valence-electron chi connectivity index (χ0n) is 8.87. The first-order chi connectivity index (χ1) is 7.27. The van der Waals surface area contributed by atoms with Crippen LogP contribution in [0.15, 0.2) is 40.8 Å². The van der Waals surface area contributed by atoms with Gasteiger partial charge in [0, 0.05) is 0 Å². The third-order valence-electron chi connectivity index (χ3n) is 2.92. The molecule has 0 fully saturated rings. The molecule has 1 heterocycles. The molecule has 1 nitrogen and oxygen atoms in total. The van der Waals surface area contributed by atoms with E-state index in [4.69, 9.17) is 4.42 Å². The molecule has 0 bridgehead atoms. The van der Waals surface area contributed by atoms with E-state index in [9.17, 15) is 0 Å². The normalized spacial score (nSPS) is 11.5. The van der Waals surface area contributed by atoms with Crippen molar-refractivity contribution in [2.75, 3.05) is 0 Å². The van der Waals surface area contributed by atoms with Gasteiger partial charge in [-0.25, -0.2) is 0 Å². The molecule has 0 N–H and O–H groups in total. The number of fused-ring (bicyclic) bond motifs is 3. The third-order valence-corrected chi connectivity index (χ3v) is 2.92. The van der Waals surface area contributed by atoms with Crippen molar-refractivity contribution in [3.05, 3.63) is 36.4 Å². The summed E-state index contributed by atoms with van der Waals surface area (Å²) < 4.78 is 8.31. The van der Waals surface area contributed by atoms with Gasteiger partial charge in [-0.3, -0.25) is 0 Å². The zero-order valence-corrected chi connectivity index (χ0v) is 8.87. The summed E-state index contributed by atoms with van der Waals surface area (Å²) in [5.74, 6) is 0. The minimum absolute atomic E-state index is 1.02. The maximum absolute atomic E-state index is 5.91. The van der Waals surface area contributed by atoms with Gasteiger partial charge >= 0.3 is 107 Å². The Bertz CT molecular complexity index is 599. The van der Waals surface area contributed by atoms with Crippen LogP contribution in [0.2, 0.25) is 0 Å². The first kappa shape index (κ1) is 9.65. The van der Waals surface area contributed by atoms with E-state index in [2.05, 4.69) is 71.8 Å². The van der Waals surface area contributed by atoms with Crippen molar-refractivity contribution >= 4 is 65.8 Å². The Kier molecular flexibility index (Phi) is 2.24. The zero-order chi connectivity index (χ0) is 10.4. The molecule has 1 aromatic heterocycles. The molecule has 62 valence electrons. The first-order valence-electron chi connectivity index (χ1n) is 5.15. The van der Waals surface area contributed by atoms with Gasteiger partial charge < -0.3 is 0 Å². The second-order valence-corrected chi connectivity index (χ2v) is 4.01. The molecule has 0 unspecified atom stereocenters. The molecule has 0 saturated carbocycles. The second kappa shape index (κ2) is 3.48. The third kappa shape index (κ3) is 1.40. The van der Waals surface area contributed by atoms with Crippen LogP contribution < -0.4 is 8.47 Å². The SMILES string of the molecule is [Li][c]1cccc2c1oc1[c]([Li])cccc12. The van der Waals surface area contributed by atoms with Crippen LogP contribution in [0.4, 0.5) is 0 Å². The van der Waals surface area contributed by atoms with Gasteiger partial charge in [-0.05, 0) is 0 Å². The quantitative estimate of drug-likeness (QED) is 0.473. The van der Waals surface area contributed by atoms with Crippen LogP contribution in [0.1, 0.15) is 0 Å². The monoisotopic (exact) mass is 180 g/mol. The molecule has 0 atom stereocenters. The minimum atomic E-state index is 1.02. The van der Waals surface area contributed by atoms with E-state index in [1.54, 1.807) is 0 Å². The summed E-state index contributed by atoms with van der Waals surface area (Å²) in [5.41, 5.74) is 2.03. The predicted molar refractivity (Wildman–Crippen MR) is 64.5 cm³/mol. The van der Waals surface area contributed by atoms with Crippen LogP contribution in [-0.2, 0) is 0 Å². The van der Waals surface area contributed by atoms with Gasteiger partial charge in [-0.15, -0.1) is 0 Å². The molecule has 3 rings (SSSR count). The standard InChI is InChI=1S/C12H6O.2Li/c1-3-7-11-9(5-1)10-6-2-4-8-12(10)13-11;;/h1-6H;;. The summed E-state index contributed by atoms with van der Waals surface area (Å²) in [6.45, 7) is 0. The average molecular weight is 180 g/mol. The molecule has 3 heteroatoms. The number of rotatable bonds is 0. The Morgan fingerprint density at radius 3 is 1.67 bits per heavy atom.